The Morgan fingerprint density at radius 1 is 1.06 bits per heavy atom. The van der Waals surface area contributed by atoms with Gasteiger partial charge in [0, 0.05) is 18.8 Å². The van der Waals surface area contributed by atoms with Crippen molar-refractivity contribution in [2.45, 2.75) is 39.7 Å². The third-order valence-corrected chi connectivity index (χ3v) is 3.42. The average Bonchev–Trinajstić information content (AvgIpc) is 2.19. The summed E-state index contributed by atoms with van der Waals surface area (Å²) in [5.74, 6) is 0. The summed E-state index contributed by atoms with van der Waals surface area (Å²) in [6, 6.07) is 4.49. The van der Waals surface area contributed by atoms with Crippen LogP contribution in [0.15, 0.2) is 12.1 Å². The monoisotopic (exact) mass is 219 g/mol. The van der Waals surface area contributed by atoms with Crippen LogP contribution in [0.4, 0.5) is 5.69 Å². The number of aliphatic hydroxyl groups excluding tert-OH is 1. The highest BCUT2D eigenvalue weighted by atomic mass is 16.3. The van der Waals surface area contributed by atoms with E-state index in [0.29, 0.717) is 0 Å². The molecule has 1 aromatic rings. The molecule has 0 radical (unpaired) electrons. The van der Waals surface area contributed by atoms with Crippen molar-refractivity contribution in [1.29, 1.82) is 0 Å². The van der Waals surface area contributed by atoms with Crippen LogP contribution in [-0.2, 0) is 0 Å². The Morgan fingerprint density at radius 2 is 1.56 bits per heavy atom. The van der Waals surface area contributed by atoms with E-state index in [-0.39, 0.29) is 6.10 Å². The molecule has 0 amide bonds. The van der Waals surface area contributed by atoms with Gasteiger partial charge in [-0.3, -0.25) is 0 Å². The summed E-state index contributed by atoms with van der Waals surface area (Å²) in [5, 5.41) is 9.53. The smallest absolute Gasteiger partial charge is 0.0574 e. The van der Waals surface area contributed by atoms with Crippen LogP contribution in [0.3, 0.4) is 0 Å². The average molecular weight is 219 g/mol. The largest absolute Gasteiger partial charge is 0.393 e. The molecule has 2 heteroatoms. The van der Waals surface area contributed by atoms with Gasteiger partial charge in [0.25, 0.3) is 0 Å². The Labute approximate surface area is 97.9 Å². The quantitative estimate of drug-likeness (QED) is 0.784. The van der Waals surface area contributed by atoms with Crippen molar-refractivity contribution in [3.63, 3.8) is 0 Å². The molecule has 1 aliphatic rings. The van der Waals surface area contributed by atoms with Crippen molar-refractivity contribution < 1.29 is 5.11 Å². The Bertz CT molecular complexity index is 355. The van der Waals surface area contributed by atoms with Crippen LogP contribution in [-0.4, -0.2) is 24.3 Å². The molecule has 2 nitrogen and oxygen atoms in total. The number of hydrogen-bond donors (Lipinski definition) is 1. The SMILES string of the molecule is Cc1cc(C)c(N2CCC(O)CC2)c(C)c1. The van der Waals surface area contributed by atoms with Gasteiger partial charge in [-0.15, -0.1) is 0 Å². The van der Waals surface area contributed by atoms with Crippen LogP contribution < -0.4 is 4.90 Å². The van der Waals surface area contributed by atoms with E-state index in [1.165, 1.54) is 22.4 Å². The molecule has 0 saturated carbocycles. The number of anilines is 1. The molecule has 1 heterocycles. The molecule has 0 spiro atoms. The molecular weight excluding hydrogens is 198 g/mol. The van der Waals surface area contributed by atoms with E-state index >= 15 is 0 Å². The van der Waals surface area contributed by atoms with Crippen molar-refractivity contribution in [2.24, 2.45) is 0 Å². The fraction of sp³-hybridized carbons (Fsp3) is 0.571. The molecule has 16 heavy (non-hydrogen) atoms. The lowest BCUT2D eigenvalue weighted by molar-refractivity contribution is 0.145. The predicted molar refractivity (Wildman–Crippen MR) is 68.1 cm³/mol. The van der Waals surface area contributed by atoms with Gasteiger partial charge in [0.2, 0.25) is 0 Å². The maximum Gasteiger partial charge on any atom is 0.0574 e. The Morgan fingerprint density at radius 3 is 2.06 bits per heavy atom. The lowest BCUT2D eigenvalue weighted by Crippen LogP contribution is -2.36. The van der Waals surface area contributed by atoms with Gasteiger partial charge < -0.3 is 10.0 Å². The van der Waals surface area contributed by atoms with Gasteiger partial charge in [-0.1, -0.05) is 17.7 Å². The zero-order valence-corrected chi connectivity index (χ0v) is 10.5. The molecule has 0 aliphatic carbocycles. The molecule has 0 atom stereocenters. The van der Waals surface area contributed by atoms with Crippen molar-refractivity contribution in [1.82, 2.24) is 0 Å². The second-order valence-electron chi connectivity index (χ2n) is 4.97. The van der Waals surface area contributed by atoms with E-state index in [0.717, 1.165) is 25.9 Å². The van der Waals surface area contributed by atoms with E-state index in [9.17, 15) is 5.11 Å². The summed E-state index contributed by atoms with van der Waals surface area (Å²) in [7, 11) is 0. The summed E-state index contributed by atoms with van der Waals surface area (Å²) in [6.45, 7) is 8.46. The number of hydrogen-bond acceptors (Lipinski definition) is 2. The highest BCUT2D eigenvalue weighted by Gasteiger charge is 2.19. The molecule has 1 saturated heterocycles. The summed E-state index contributed by atoms with van der Waals surface area (Å²) in [6.07, 6.45) is 1.70. The summed E-state index contributed by atoms with van der Waals surface area (Å²) >= 11 is 0. The number of nitrogens with zero attached hydrogens (tertiary/aromatic N) is 1. The van der Waals surface area contributed by atoms with Gasteiger partial charge in [0.1, 0.15) is 0 Å². The topological polar surface area (TPSA) is 23.5 Å². The highest BCUT2D eigenvalue weighted by molar-refractivity contribution is 5.60. The molecular formula is C14H21NO. The van der Waals surface area contributed by atoms with Gasteiger partial charge in [0.05, 0.1) is 6.10 Å². The van der Waals surface area contributed by atoms with E-state index < -0.39 is 0 Å². The first-order valence-corrected chi connectivity index (χ1v) is 6.09. The van der Waals surface area contributed by atoms with Crippen molar-refractivity contribution >= 4 is 5.69 Å². The second-order valence-corrected chi connectivity index (χ2v) is 4.97. The maximum absolute atomic E-state index is 9.53. The third kappa shape index (κ3) is 2.22. The third-order valence-electron chi connectivity index (χ3n) is 3.42. The van der Waals surface area contributed by atoms with Crippen molar-refractivity contribution in [2.75, 3.05) is 18.0 Å². The minimum atomic E-state index is -0.0951. The number of rotatable bonds is 1. The van der Waals surface area contributed by atoms with Crippen molar-refractivity contribution in [3.05, 3.63) is 28.8 Å². The number of piperidine rings is 1. The molecule has 1 aromatic carbocycles. The molecule has 0 unspecified atom stereocenters. The van der Waals surface area contributed by atoms with Gasteiger partial charge in [-0.25, -0.2) is 0 Å². The normalized spacial score (nSPS) is 17.9. The molecule has 2 rings (SSSR count). The molecule has 0 bridgehead atoms. The Balaban J connectivity index is 2.26. The first kappa shape index (κ1) is 11.5. The minimum absolute atomic E-state index is 0.0951. The fourth-order valence-electron chi connectivity index (χ4n) is 2.76. The van der Waals surface area contributed by atoms with E-state index in [2.05, 4.69) is 37.8 Å². The summed E-state index contributed by atoms with van der Waals surface area (Å²) < 4.78 is 0. The minimum Gasteiger partial charge on any atom is -0.393 e. The first-order valence-electron chi connectivity index (χ1n) is 6.09. The van der Waals surface area contributed by atoms with Crippen LogP contribution in [0.1, 0.15) is 29.5 Å². The summed E-state index contributed by atoms with van der Waals surface area (Å²) in [4.78, 5) is 2.41. The van der Waals surface area contributed by atoms with Gasteiger partial charge in [-0.05, 0) is 44.7 Å². The van der Waals surface area contributed by atoms with Gasteiger partial charge in [0.15, 0.2) is 0 Å². The molecule has 1 fully saturated rings. The first-order chi connectivity index (χ1) is 7.58. The van der Waals surface area contributed by atoms with E-state index in [4.69, 9.17) is 0 Å². The van der Waals surface area contributed by atoms with Crippen LogP contribution in [0, 0.1) is 20.8 Å². The van der Waals surface area contributed by atoms with Gasteiger partial charge in [-0.2, -0.15) is 0 Å². The number of aliphatic hydroxyl groups is 1. The summed E-state index contributed by atoms with van der Waals surface area (Å²) in [5.41, 5.74) is 5.41. The van der Waals surface area contributed by atoms with Crippen LogP contribution in [0.5, 0.6) is 0 Å². The Hall–Kier alpha value is -1.02. The molecule has 1 N–H and O–H groups in total. The van der Waals surface area contributed by atoms with E-state index in [1.807, 2.05) is 0 Å². The lowest BCUT2D eigenvalue weighted by Gasteiger charge is -2.33. The van der Waals surface area contributed by atoms with Crippen molar-refractivity contribution in [3.8, 4) is 0 Å². The fourth-order valence-corrected chi connectivity index (χ4v) is 2.76. The van der Waals surface area contributed by atoms with Crippen LogP contribution in [0.2, 0.25) is 0 Å². The predicted octanol–water partition coefficient (Wildman–Crippen LogP) is 2.57. The second kappa shape index (κ2) is 4.46. The van der Waals surface area contributed by atoms with Crippen LogP contribution in [0.25, 0.3) is 0 Å². The van der Waals surface area contributed by atoms with Crippen LogP contribution >= 0.6 is 0 Å². The van der Waals surface area contributed by atoms with Gasteiger partial charge >= 0.3 is 0 Å². The molecule has 0 aromatic heterocycles. The number of aryl methyl sites for hydroxylation is 3. The number of benzene rings is 1. The zero-order chi connectivity index (χ0) is 11.7. The maximum atomic E-state index is 9.53. The molecule has 1 aliphatic heterocycles. The zero-order valence-electron chi connectivity index (χ0n) is 10.5. The van der Waals surface area contributed by atoms with E-state index in [1.54, 1.807) is 0 Å². The highest BCUT2D eigenvalue weighted by Crippen LogP contribution is 2.28. The Kier molecular flexibility index (Phi) is 3.20. The standard InChI is InChI=1S/C14H21NO/c1-10-8-11(2)14(12(3)9-10)15-6-4-13(16)5-7-15/h8-9,13,16H,4-7H2,1-3H3. The lowest BCUT2D eigenvalue weighted by atomic mass is 10.0. The molecule has 88 valence electrons.